The second-order valence-electron chi connectivity index (χ2n) is 5.20. The molecule has 120 valence electrons. The van der Waals surface area contributed by atoms with E-state index in [-0.39, 0.29) is 18.6 Å². The summed E-state index contributed by atoms with van der Waals surface area (Å²) in [6.45, 7) is 1.86. The predicted octanol–water partition coefficient (Wildman–Crippen LogP) is 3.27. The summed E-state index contributed by atoms with van der Waals surface area (Å²) >= 11 is 0. The second kappa shape index (κ2) is 8.76. The number of nitrogens with one attached hydrogen (secondary N) is 2. The van der Waals surface area contributed by atoms with Crippen molar-refractivity contribution in [1.29, 1.82) is 0 Å². The molecule has 1 atom stereocenters. The largest absolute Gasteiger partial charge is 0.394 e. The fraction of sp³-hybridized carbons (Fsp3) is 0.211. The van der Waals surface area contributed by atoms with Gasteiger partial charge in [0, 0.05) is 6.20 Å². The van der Waals surface area contributed by atoms with E-state index in [1.807, 2.05) is 67.7 Å². The van der Waals surface area contributed by atoms with Gasteiger partial charge in [-0.1, -0.05) is 49.4 Å². The SMILES string of the molecule is CCC(CO)NC(=O)c1ccccc1NC=Cc1ccccc1. The van der Waals surface area contributed by atoms with Crippen LogP contribution in [0.4, 0.5) is 5.69 Å². The standard InChI is InChI=1S/C19H22N2O2/c1-2-16(14-22)21-19(23)17-10-6-7-11-18(17)20-13-12-15-8-4-3-5-9-15/h3-13,16,20,22H,2,14H2,1H3,(H,21,23). The zero-order valence-corrected chi connectivity index (χ0v) is 13.2. The van der Waals surface area contributed by atoms with Crippen molar-refractivity contribution in [2.75, 3.05) is 11.9 Å². The third-order valence-electron chi connectivity index (χ3n) is 3.53. The molecule has 2 aromatic carbocycles. The molecule has 3 N–H and O–H groups in total. The van der Waals surface area contributed by atoms with Gasteiger partial charge < -0.3 is 15.7 Å². The molecule has 0 aliphatic carbocycles. The number of anilines is 1. The summed E-state index contributed by atoms with van der Waals surface area (Å²) in [7, 11) is 0. The highest BCUT2D eigenvalue weighted by atomic mass is 16.3. The molecule has 2 aromatic rings. The van der Waals surface area contributed by atoms with E-state index in [1.54, 1.807) is 6.07 Å². The first-order valence-electron chi connectivity index (χ1n) is 7.73. The first kappa shape index (κ1) is 16.8. The van der Waals surface area contributed by atoms with E-state index >= 15 is 0 Å². The van der Waals surface area contributed by atoms with Gasteiger partial charge in [-0.25, -0.2) is 0 Å². The minimum absolute atomic E-state index is 0.0637. The van der Waals surface area contributed by atoms with E-state index in [0.717, 1.165) is 11.3 Å². The number of rotatable bonds is 7. The average Bonchev–Trinajstić information content (AvgIpc) is 2.61. The average molecular weight is 310 g/mol. The van der Waals surface area contributed by atoms with E-state index in [9.17, 15) is 9.90 Å². The lowest BCUT2D eigenvalue weighted by Gasteiger charge is -2.15. The molecule has 4 heteroatoms. The Kier molecular flexibility index (Phi) is 6.39. The van der Waals surface area contributed by atoms with Crippen molar-refractivity contribution in [3.05, 3.63) is 71.9 Å². The van der Waals surface area contributed by atoms with Gasteiger partial charge in [-0.15, -0.1) is 0 Å². The van der Waals surface area contributed by atoms with Crippen LogP contribution in [-0.4, -0.2) is 23.7 Å². The van der Waals surface area contributed by atoms with Crippen molar-refractivity contribution in [2.45, 2.75) is 19.4 Å². The Morgan fingerprint density at radius 1 is 1.13 bits per heavy atom. The Bertz CT molecular complexity index is 649. The van der Waals surface area contributed by atoms with Crippen LogP contribution in [0.3, 0.4) is 0 Å². The van der Waals surface area contributed by atoms with Gasteiger partial charge in [0.2, 0.25) is 0 Å². The fourth-order valence-corrected chi connectivity index (χ4v) is 2.14. The summed E-state index contributed by atoms with van der Waals surface area (Å²) < 4.78 is 0. The first-order valence-corrected chi connectivity index (χ1v) is 7.73. The second-order valence-corrected chi connectivity index (χ2v) is 5.20. The highest BCUT2D eigenvalue weighted by Gasteiger charge is 2.13. The molecule has 0 saturated heterocycles. The van der Waals surface area contributed by atoms with Gasteiger partial charge in [0.25, 0.3) is 5.91 Å². The van der Waals surface area contributed by atoms with Crippen LogP contribution in [0.25, 0.3) is 6.08 Å². The summed E-state index contributed by atoms with van der Waals surface area (Å²) in [5.74, 6) is -0.192. The summed E-state index contributed by atoms with van der Waals surface area (Å²) in [5.41, 5.74) is 2.36. The molecule has 4 nitrogen and oxygen atoms in total. The first-order chi connectivity index (χ1) is 11.2. The quantitative estimate of drug-likeness (QED) is 0.735. The normalized spacial score (nSPS) is 12.1. The number of para-hydroxylation sites is 1. The highest BCUT2D eigenvalue weighted by Crippen LogP contribution is 2.16. The van der Waals surface area contributed by atoms with Crippen LogP contribution in [0.1, 0.15) is 29.3 Å². The molecule has 0 aliphatic heterocycles. The molecular formula is C19H22N2O2. The minimum Gasteiger partial charge on any atom is -0.394 e. The van der Waals surface area contributed by atoms with Crippen molar-refractivity contribution in [3.8, 4) is 0 Å². The Morgan fingerprint density at radius 2 is 1.83 bits per heavy atom. The van der Waals surface area contributed by atoms with Crippen LogP contribution in [0.2, 0.25) is 0 Å². The molecule has 0 bridgehead atoms. The van der Waals surface area contributed by atoms with Crippen LogP contribution in [-0.2, 0) is 0 Å². The molecular weight excluding hydrogens is 288 g/mol. The molecule has 0 aliphatic rings. The van der Waals surface area contributed by atoms with Gasteiger partial charge in [0.15, 0.2) is 0 Å². The van der Waals surface area contributed by atoms with Crippen LogP contribution < -0.4 is 10.6 Å². The minimum atomic E-state index is -0.226. The van der Waals surface area contributed by atoms with Gasteiger partial charge in [-0.3, -0.25) is 4.79 Å². The molecule has 0 spiro atoms. The number of hydrogen-bond donors (Lipinski definition) is 3. The van der Waals surface area contributed by atoms with Crippen LogP contribution in [0.15, 0.2) is 60.8 Å². The predicted molar refractivity (Wildman–Crippen MR) is 94.2 cm³/mol. The van der Waals surface area contributed by atoms with Crippen LogP contribution in [0, 0.1) is 0 Å². The van der Waals surface area contributed by atoms with E-state index in [1.165, 1.54) is 0 Å². The van der Waals surface area contributed by atoms with Crippen LogP contribution in [0.5, 0.6) is 0 Å². The number of carbonyl (C=O) groups excluding carboxylic acids is 1. The van der Waals surface area contributed by atoms with Gasteiger partial charge >= 0.3 is 0 Å². The van der Waals surface area contributed by atoms with Crippen molar-refractivity contribution >= 4 is 17.7 Å². The summed E-state index contributed by atoms with van der Waals surface area (Å²) in [4.78, 5) is 12.3. The number of hydrogen-bond acceptors (Lipinski definition) is 3. The molecule has 2 rings (SSSR count). The summed E-state index contributed by atoms with van der Waals surface area (Å²) in [6, 6.07) is 17.0. The van der Waals surface area contributed by atoms with E-state index in [2.05, 4.69) is 10.6 Å². The monoisotopic (exact) mass is 310 g/mol. The third kappa shape index (κ3) is 4.97. The molecule has 1 unspecified atom stereocenters. The molecule has 0 saturated carbocycles. The maximum absolute atomic E-state index is 12.3. The zero-order chi connectivity index (χ0) is 16.5. The fourth-order valence-electron chi connectivity index (χ4n) is 2.14. The van der Waals surface area contributed by atoms with Crippen molar-refractivity contribution < 1.29 is 9.90 Å². The molecule has 0 radical (unpaired) electrons. The topological polar surface area (TPSA) is 61.4 Å². The van der Waals surface area contributed by atoms with E-state index in [4.69, 9.17) is 0 Å². The Labute approximate surface area is 136 Å². The zero-order valence-electron chi connectivity index (χ0n) is 13.2. The smallest absolute Gasteiger partial charge is 0.253 e. The van der Waals surface area contributed by atoms with Crippen molar-refractivity contribution in [1.82, 2.24) is 5.32 Å². The van der Waals surface area contributed by atoms with Crippen molar-refractivity contribution in [2.24, 2.45) is 0 Å². The maximum atomic E-state index is 12.3. The Morgan fingerprint density at radius 3 is 2.52 bits per heavy atom. The number of benzene rings is 2. The number of amides is 1. The molecule has 23 heavy (non-hydrogen) atoms. The van der Waals surface area contributed by atoms with Crippen molar-refractivity contribution in [3.63, 3.8) is 0 Å². The van der Waals surface area contributed by atoms with Gasteiger partial charge in [-0.05, 0) is 30.2 Å². The molecule has 1 amide bonds. The van der Waals surface area contributed by atoms with Gasteiger partial charge in [0.1, 0.15) is 0 Å². The number of aliphatic hydroxyl groups excluding tert-OH is 1. The highest BCUT2D eigenvalue weighted by molar-refractivity contribution is 6.00. The lowest BCUT2D eigenvalue weighted by atomic mass is 10.1. The lowest BCUT2D eigenvalue weighted by Crippen LogP contribution is -2.37. The number of carbonyl (C=O) groups is 1. The molecule has 0 aromatic heterocycles. The molecule has 0 fully saturated rings. The van der Waals surface area contributed by atoms with Gasteiger partial charge in [0.05, 0.1) is 23.9 Å². The maximum Gasteiger partial charge on any atom is 0.253 e. The Hall–Kier alpha value is -2.59. The summed E-state index contributed by atoms with van der Waals surface area (Å²) in [6.07, 6.45) is 4.44. The number of aliphatic hydroxyl groups is 1. The Balaban J connectivity index is 2.08. The van der Waals surface area contributed by atoms with E-state index in [0.29, 0.717) is 12.0 Å². The summed E-state index contributed by atoms with van der Waals surface area (Å²) in [5, 5.41) is 15.2. The molecule has 0 heterocycles. The van der Waals surface area contributed by atoms with Gasteiger partial charge in [-0.2, -0.15) is 0 Å². The lowest BCUT2D eigenvalue weighted by molar-refractivity contribution is 0.0916. The van der Waals surface area contributed by atoms with E-state index < -0.39 is 0 Å². The van der Waals surface area contributed by atoms with Crippen LogP contribution >= 0.6 is 0 Å². The third-order valence-corrected chi connectivity index (χ3v) is 3.53.